The van der Waals surface area contributed by atoms with E-state index in [4.69, 9.17) is 7.85 Å². The number of hydrogen-bond acceptors (Lipinski definition) is 3. The van der Waals surface area contributed by atoms with Crippen molar-refractivity contribution in [1.29, 1.82) is 0 Å². The maximum atomic E-state index is 6.54. The van der Waals surface area contributed by atoms with Crippen molar-refractivity contribution in [2.75, 3.05) is 0 Å². The Morgan fingerprint density at radius 1 is 1.25 bits per heavy atom. The van der Waals surface area contributed by atoms with Crippen molar-refractivity contribution in [3.63, 3.8) is 0 Å². The molecule has 3 rings (SSSR count). The average Bonchev–Trinajstić information content (AvgIpc) is 2.80. The quantitative estimate of drug-likeness (QED) is 0.770. The van der Waals surface area contributed by atoms with E-state index in [0.717, 1.165) is 38.5 Å². The lowest BCUT2D eigenvalue weighted by atomic mass is 9.60. The van der Waals surface area contributed by atoms with E-state index in [-0.39, 0.29) is 5.31 Å². The van der Waals surface area contributed by atoms with E-state index in [9.17, 15) is 0 Å². The van der Waals surface area contributed by atoms with Crippen LogP contribution in [-0.4, -0.2) is 17.8 Å². The van der Waals surface area contributed by atoms with E-state index in [1.165, 1.54) is 32.8 Å². The van der Waals surface area contributed by atoms with Crippen molar-refractivity contribution in [2.45, 2.75) is 64.1 Å². The van der Waals surface area contributed by atoms with E-state index >= 15 is 0 Å². The molecule has 0 saturated carbocycles. The fourth-order valence-corrected chi connectivity index (χ4v) is 4.54. The summed E-state index contributed by atoms with van der Waals surface area (Å²) in [6, 6.07) is 0. The Kier molecular flexibility index (Phi) is 3.85. The number of rotatable bonds is 2. The van der Waals surface area contributed by atoms with Crippen LogP contribution in [0.5, 0.6) is 0 Å². The molecular weight excluding hydrogens is 263 g/mol. The van der Waals surface area contributed by atoms with Crippen LogP contribution < -0.4 is 0 Å². The van der Waals surface area contributed by atoms with Gasteiger partial charge in [0.05, 0.1) is 13.5 Å². The molecule has 2 heterocycles. The first-order valence-corrected chi connectivity index (χ1v) is 8.51. The molecule has 2 aromatic rings. The molecule has 0 aliphatic heterocycles. The molecule has 1 aliphatic carbocycles. The molecule has 0 spiro atoms. The molecular formula is C16H21BN2S. The van der Waals surface area contributed by atoms with Crippen molar-refractivity contribution in [2.24, 2.45) is 0 Å². The molecule has 2 aromatic heterocycles. The van der Waals surface area contributed by atoms with Crippen LogP contribution in [0.25, 0.3) is 10.2 Å². The normalized spacial score (nSPS) is 23.3. The van der Waals surface area contributed by atoms with Crippen LogP contribution in [0.1, 0.15) is 55.7 Å². The van der Waals surface area contributed by atoms with Crippen LogP contribution in [0.2, 0.25) is 5.31 Å². The van der Waals surface area contributed by atoms with Gasteiger partial charge in [0.25, 0.3) is 0 Å². The summed E-state index contributed by atoms with van der Waals surface area (Å²) < 4.78 is 0. The largest absolute Gasteiger partial charge is 0.241 e. The van der Waals surface area contributed by atoms with Crippen molar-refractivity contribution in [3.8, 4) is 0 Å². The van der Waals surface area contributed by atoms with Crippen molar-refractivity contribution >= 4 is 29.4 Å². The molecule has 2 nitrogen and oxygen atoms in total. The summed E-state index contributed by atoms with van der Waals surface area (Å²) in [4.78, 5) is 11.7. The number of nitrogens with zero attached hydrogens (tertiary/aromatic N) is 2. The molecule has 0 aromatic carbocycles. The summed E-state index contributed by atoms with van der Waals surface area (Å²) >= 11 is 1.87. The molecule has 104 valence electrons. The number of aryl methyl sites for hydroxylation is 3. The number of thiophene rings is 1. The zero-order chi connectivity index (χ0) is 14.2. The lowest BCUT2D eigenvalue weighted by molar-refractivity contribution is 0.440. The molecule has 0 saturated heterocycles. The fourth-order valence-electron chi connectivity index (χ4n) is 3.29. The average molecular weight is 284 g/mol. The summed E-state index contributed by atoms with van der Waals surface area (Å²) in [5, 5.41) is 1.35. The minimum atomic E-state index is 0.0218. The van der Waals surface area contributed by atoms with Gasteiger partial charge in [0.2, 0.25) is 0 Å². The summed E-state index contributed by atoms with van der Waals surface area (Å²) in [5.74, 6) is 0. The van der Waals surface area contributed by atoms with Crippen LogP contribution in [-0.2, 0) is 19.3 Å². The Bertz CT molecular complexity index is 622. The highest BCUT2D eigenvalue weighted by Crippen LogP contribution is 2.43. The molecule has 0 bridgehead atoms. The van der Waals surface area contributed by atoms with Crippen molar-refractivity contribution < 1.29 is 0 Å². The molecule has 0 N–H and O–H groups in total. The van der Waals surface area contributed by atoms with Crippen LogP contribution in [0.15, 0.2) is 6.33 Å². The molecule has 0 fully saturated rings. The predicted octanol–water partition coefficient (Wildman–Crippen LogP) is 4.26. The number of aromatic nitrogens is 2. The SMILES string of the molecule is [B]C1(CC)CCCc2sc3ncnc(CC)c3c2CC1. The highest BCUT2D eigenvalue weighted by atomic mass is 32.1. The monoisotopic (exact) mass is 284 g/mol. The van der Waals surface area contributed by atoms with Gasteiger partial charge in [-0.05, 0) is 31.2 Å². The van der Waals surface area contributed by atoms with Crippen LogP contribution in [0.4, 0.5) is 0 Å². The second-order valence-corrected chi connectivity index (χ2v) is 7.01. The van der Waals surface area contributed by atoms with Gasteiger partial charge >= 0.3 is 0 Å². The highest BCUT2D eigenvalue weighted by Gasteiger charge is 2.26. The zero-order valence-electron chi connectivity index (χ0n) is 12.4. The van der Waals surface area contributed by atoms with Gasteiger partial charge in [0, 0.05) is 10.3 Å². The van der Waals surface area contributed by atoms with Crippen LogP contribution >= 0.6 is 11.3 Å². The molecule has 1 atom stereocenters. The molecule has 4 heteroatoms. The van der Waals surface area contributed by atoms with E-state index in [1.807, 2.05) is 11.3 Å². The lowest BCUT2D eigenvalue weighted by Gasteiger charge is -2.31. The predicted molar refractivity (Wildman–Crippen MR) is 86.8 cm³/mol. The van der Waals surface area contributed by atoms with Gasteiger partial charge in [-0.15, -0.1) is 11.3 Å². The lowest BCUT2D eigenvalue weighted by Crippen LogP contribution is -2.16. The molecule has 2 radical (unpaired) electrons. The van der Waals surface area contributed by atoms with E-state index < -0.39 is 0 Å². The molecule has 0 amide bonds. The Morgan fingerprint density at radius 2 is 2.10 bits per heavy atom. The second-order valence-electron chi connectivity index (χ2n) is 5.93. The van der Waals surface area contributed by atoms with Crippen molar-refractivity contribution in [3.05, 3.63) is 22.5 Å². The molecule has 1 unspecified atom stereocenters. The van der Waals surface area contributed by atoms with Crippen LogP contribution in [0.3, 0.4) is 0 Å². The first kappa shape index (κ1) is 14.1. The van der Waals surface area contributed by atoms with Crippen LogP contribution in [0, 0.1) is 0 Å². The molecule has 20 heavy (non-hydrogen) atoms. The minimum absolute atomic E-state index is 0.0218. The molecule has 1 aliphatic rings. The first-order chi connectivity index (χ1) is 9.67. The third-order valence-corrected chi connectivity index (χ3v) is 5.94. The fraction of sp³-hybridized carbons (Fsp3) is 0.625. The van der Waals surface area contributed by atoms with Gasteiger partial charge in [0.15, 0.2) is 0 Å². The smallest absolute Gasteiger partial charge is 0.127 e. The second kappa shape index (κ2) is 5.47. The van der Waals surface area contributed by atoms with Gasteiger partial charge < -0.3 is 0 Å². The maximum Gasteiger partial charge on any atom is 0.127 e. The standard InChI is InChI=1S/C16H21BN2S/c1-3-12-14-11-7-9-16(17,4-2)8-5-6-13(11)20-15(14)19-10-18-12/h10H,3-9H2,1-2H3. The van der Waals surface area contributed by atoms with Gasteiger partial charge in [-0.3, -0.25) is 0 Å². The number of fused-ring (bicyclic) bond motifs is 3. The summed E-state index contributed by atoms with van der Waals surface area (Å²) in [5.41, 5.74) is 2.69. The Labute approximate surface area is 126 Å². The summed E-state index contributed by atoms with van der Waals surface area (Å²) in [6.45, 7) is 4.39. The Morgan fingerprint density at radius 3 is 2.85 bits per heavy atom. The van der Waals surface area contributed by atoms with E-state index in [1.54, 1.807) is 6.33 Å². The topological polar surface area (TPSA) is 25.8 Å². The van der Waals surface area contributed by atoms with Gasteiger partial charge in [-0.2, -0.15) is 0 Å². The summed E-state index contributed by atoms with van der Waals surface area (Å²) in [6.07, 6.45) is 9.41. The third-order valence-electron chi connectivity index (χ3n) is 4.74. The first-order valence-electron chi connectivity index (χ1n) is 7.70. The Hall–Kier alpha value is -0.895. The van der Waals surface area contributed by atoms with Gasteiger partial charge in [-0.25, -0.2) is 9.97 Å². The van der Waals surface area contributed by atoms with E-state index in [2.05, 4.69) is 23.8 Å². The summed E-state index contributed by atoms with van der Waals surface area (Å²) in [7, 11) is 6.54. The van der Waals surface area contributed by atoms with Gasteiger partial charge in [-0.1, -0.05) is 38.4 Å². The third kappa shape index (κ3) is 2.39. The number of hydrogen-bond donors (Lipinski definition) is 0. The maximum absolute atomic E-state index is 6.54. The zero-order valence-corrected chi connectivity index (χ0v) is 13.2. The Balaban J connectivity index is 2.08. The van der Waals surface area contributed by atoms with Gasteiger partial charge in [0.1, 0.15) is 11.2 Å². The highest BCUT2D eigenvalue weighted by molar-refractivity contribution is 7.18. The minimum Gasteiger partial charge on any atom is -0.241 e. The van der Waals surface area contributed by atoms with E-state index in [0.29, 0.717) is 0 Å². The van der Waals surface area contributed by atoms with Crippen molar-refractivity contribution in [1.82, 2.24) is 9.97 Å².